The monoisotopic (exact) mass is 474 g/mol. The third kappa shape index (κ3) is 5.03. The number of hydrogen-bond acceptors (Lipinski definition) is 11. The van der Waals surface area contributed by atoms with E-state index in [-0.39, 0.29) is 16.5 Å². The lowest BCUT2D eigenvalue weighted by Crippen LogP contribution is -2.49. The van der Waals surface area contributed by atoms with Crippen molar-refractivity contribution in [1.82, 2.24) is 20.3 Å². The van der Waals surface area contributed by atoms with Crippen LogP contribution in [-0.2, 0) is 24.1 Å². The summed E-state index contributed by atoms with van der Waals surface area (Å²) in [6.45, 7) is -2.74. The Morgan fingerprint density at radius 2 is 2.03 bits per heavy atom. The number of likely N-dealkylation sites (N-methyl/N-ethyl adjacent to an activating group) is 1. The van der Waals surface area contributed by atoms with Crippen LogP contribution in [0.5, 0.6) is 0 Å². The molecule has 4 heterocycles. The summed E-state index contributed by atoms with van der Waals surface area (Å²) >= 11 is 0. The third-order valence-corrected chi connectivity index (χ3v) is 5.62. The van der Waals surface area contributed by atoms with Gasteiger partial charge in [0.2, 0.25) is 5.91 Å². The summed E-state index contributed by atoms with van der Waals surface area (Å²) in [6, 6.07) is 4.94. The van der Waals surface area contributed by atoms with Gasteiger partial charge in [-0.2, -0.15) is 0 Å². The first-order chi connectivity index (χ1) is 17.0. The van der Waals surface area contributed by atoms with Gasteiger partial charge in [-0.1, -0.05) is 0 Å². The number of carbonyl (C=O) groups excluding carboxylic acids is 1. The van der Waals surface area contributed by atoms with Gasteiger partial charge in [0.05, 0.1) is 11.8 Å². The van der Waals surface area contributed by atoms with Crippen LogP contribution in [0, 0.1) is 0 Å². The molecule has 2 aromatic rings. The van der Waals surface area contributed by atoms with Crippen LogP contribution in [0.2, 0.25) is 0 Å². The smallest absolute Gasteiger partial charge is 0.267 e. The highest BCUT2D eigenvalue weighted by Crippen LogP contribution is 2.25. The summed E-state index contributed by atoms with van der Waals surface area (Å²) in [6.07, 6.45) is 8.74. The molecule has 2 aliphatic rings. The summed E-state index contributed by atoms with van der Waals surface area (Å²) in [7, 11) is -3.67. The molecule has 12 nitrogen and oxygen atoms in total. The highest BCUT2D eigenvalue weighted by atomic mass is 32.2. The van der Waals surface area contributed by atoms with Gasteiger partial charge in [-0.05, 0) is 24.3 Å². The molecule has 1 unspecified atom stereocenters. The summed E-state index contributed by atoms with van der Waals surface area (Å²) in [4.78, 5) is 25.0. The maximum absolute atomic E-state index is 12.7. The Balaban J connectivity index is 1.58. The van der Waals surface area contributed by atoms with E-state index in [2.05, 4.69) is 25.7 Å². The van der Waals surface area contributed by atoms with E-state index in [0.29, 0.717) is 11.4 Å². The van der Waals surface area contributed by atoms with E-state index in [9.17, 15) is 13.2 Å². The minimum Gasteiger partial charge on any atom is -0.455 e. The zero-order valence-corrected chi connectivity index (χ0v) is 18.0. The number of carbonyl (C=O) groups is 1. The van der Waals surface area contributed by atoms with Crippen molar-refractivity contribution in [3.8, 4) is 0 Å². The average Bonchev–Trinajstić information content (AvgIpc) is 3.33. The normalized spacial score (nSPS) is 19.4. The number of nitrogens with one attached hydrogen (secondary N) is 3. The maximum Gasteiger partial charge on any atom is 0.267 e. The second-order valence-electron chi connectivity index (χ2n) is 6.85. The van der Waals surface area contributed by atoms with E-state index >= 15 is 0 Å². The van der Waals surface area contributed by atoms with Gasteiger partial charge in [0.1, 0.15) is 29.1 Å². The molecule has 3 N–H and O–H groups in total. The fourth-order valence-corrected chi connectivity index (χ4v) is 3.72. The molecule has 2 aromatic heterocycles. The Morgan fingerprint density at radius 1 is 1.21 bits per heavy atom. The molecule has 0 fully saturated rings. The Kier molecular flexibility index (Phi) is 5.12. The molecule has 0 aromatic carbocycles. The predicted molar refractivity (Wildman–Crippen MR) is 119 cm³/mol. The van der Waals surface area contributed by atoms with Crippen molar-refractivity contribution < 1.29 is 26.8 Å². The number of amides is 1. The molecule has 13 heteroatoms. The largest absolute Gasteiger partial charge is 0.455 e. The number of anilines is 2. The number of aliphatic imine (C=N–C) groups is 1. The Morgan fingerprint density at radius 3 is 2.73 bits per heavy atom. The minimum absolute atomic E-state index is 0.0646. The summed E-state index contributed by atoms with van der Waals surface area (Å²) in [5.41, 5.74) is 3.45. The first-order valence-corrected chi connectivity index (χ1v) is 11.4. The first-order valence-electron chi connectivity index (χ1n) is 11.0. The highest BCUT2D eigenvalue weighted by Gasteiger charge is 2.27. The zero-order chi connectivity index (χ0) is 25.9. The lowest BCUT2D eigenvalue weighted by molar-refractivity contribution is -0.122. The predicted octanol–water partition coefficient (Wildman–Crippen LogP) is 1.14. The SMILES string of the molecule is [2H]C([2H])([2H])NC(=O)C1C=NC(Nc2ccc(C3OC=CO3)cn2)=CN1Nc1ncccc1S(C)(=O)=O. The molecule has 0 radical (unpaired) electrons. The number of hydrazine groups is 1. The van der Waals surface area contributed by atoms with Crippen molar-refractivity contribution >= 4 is 33.6 Å². The standard InChI is InChI=1S/C20H21N7O5S/c1-21-19(28)14-11-24-17(25-16-6-5-13(10-23-16)20-31-8-9-32-20)12-27(14)26-18-15(33(2,29)30)4-3-7-22-18/h3-12,14,20H,1-2H3,(H,21,28)(H,22,26)(H,23,25)/i1D3. The van der Waals surface area contributed by atoms with Gasteiger partial charge in [0.15, 0.2) is 21.7 Å². The Bertz CT molecular complexity index is 1320. The highest BCUT2D eigenvalue weighted by molar-refractivity contribution is 7.90. The zero-order valence-electron chi connectivity index (χ0n) is 20.2. The van der Waals surface area contributed by atoms with E-state index in [4.69, 9.17) is 13.6 Å². The molecular formula is C20H21N7O5S. The van der Waals surface area contributed by atoms with Crippen molar-refractivity contribution in [2.75, 3.05) is 24.0 Å². The van der Waals surface area contributed by atoms with Crippen LogP contribution in [0.1, 0.15) is 16.0 Å². The maximum atomic E-state index is 12.7. The van der Waals surface area contributed by atoms with Crippen LogP contribution in [0.15, 0.2) is 71.1 Å². The summed E-state index contributed by atoms with van der Waals surface area (Å²) in [5, 5.41) is 6.05. The van der Waals surface area contributed by atoms with Crippen molar-refractivity contribution in [2.24, 2.45) is 4.99 Å². The van der Waals surface area contributed by atoms with E-state index < -0.39 is 35.1 Å². The number of ether oxygens (including phenoxy) is 2. The molecular weight excluding hydrogens is 450 g/mol. The molecule has 33 heavy (non-hydrogen) atoms. The van der Waals surface area contributed by atoms with E-state index in [1.165, 1.54) is 48.3 Å². The fourth-order valence-electron chi connectivity index (χ4n) is 2.94. The third-order valence-electron chi connectivity index (χ3n) is 4.49. The molecule has 172 valence electrons. The Hall–Kier alpha value is -4.13. The summed E-state index contributed by atoms with van der Waals surface area (Å²) in [5.74, 6) is -0.350. The number of aromatic nitrogens is 2. The number of pyridine rings is 2. The van der Waals surface area contributed by atoms with Crippen molar-refractivity contribution in [3.63, 3.8) is 0 Å². The number of rotatable bonds is 7. The lowest BCUT2D eigenvalue weighted by Gasteiger charge is -2.31. The summed E-state index contributed by atoms with van der Waals surface area (Å²) < 4.78 is 56.9. The van der Waals surface area contributed by atoms with Crippen LogP contribution in [0.3, 0.4) is 0 Å². The quantitative estimate of drug-likeness (QED) is 0.533. The van der Waals surface area contributed by atoms with Gasteiger partial charge in [0, 0.05) is 36.0 Å². The second kappa shape index (κ2) is 9.16. The van der Waals surface area contributed by atoms with Crippen molar-refractivity contribution in [2.45, 2.75) is 17.2 Å². The molecule has 0 bridgehead atoms. The number of sulfone groups is 1. The van der Waals surface area contributed by atoms with E-state index in [1.807, 2.05) is 5.32 Å². The van der Waals surface area contributed by atoms with Crippen LogP contribution in [0.25, 0.3) is 0 Å². The van der Waals surface area contributed by atoms with Gasteiger partial charge < -0.3 is 20.1 Å². The van der Waals surface area contributed by atoms with Crippen molar-refractivity contribution in [1.29, 1.82) is 0 Å². The van der Waals surface area contributed by atoms with Gasteiger partial charge in [0.25, 0.3) is 6.29 Å². The Labute approximate surface area is 194 Å². The molecule has 1 amide bonds. The molecule has 4 rings (SSSR count). The molecule has 2 aliphatic heterocycles. The first kappa shape index (κ1) is 18.4. The molecule has 1 atom stereocenters. The number of hydrogen-bond donors (Lipinski definition) is 3. The molecule has 0 saturated heterocycles. The van der Waals surface area contributed by atoms with Gasteiger partial charge in [-0.3, -0.25) is 15.2 Å². The van der Waals surface area contributed by atoms with Crippen LogP contribution < -0.4 is 16.1 Å². The topological polar surface area (TPSA) is 147 Å². The second-order valence-corrected chi connectivity index (χ2v) is 8.83. The van der Waals surface area contributed by atoms with Crippen LogP contribution in [-0.4, -0.2) is 54.8 Å². The molecule has 0 spiro atoms. The molecule has 0 aliphatic carbocycles. The van der Waals surface area contributed by atoms with Gasteiger partial charge in [-0.15, -0.1) is 0 Å². The number of nitrogens with zero attached hydrogens (tertiary/aromatic N) is 4. The van der Waals surface area contributed by atoms with Gasteiger partial charge >= 0.3 is 0 Å². The molecule has 0 saturated carbocycles. The minimum atomic E-state index is -3.67. The van der Waals surface area contributed by atoms with E-state index in [0.717, 1.165) is 6.26 Å². The van der Waals surface area contributed by atoms with E-state index in [1.54, 1.807) is 18.3 Å². The van der Waals surface area contributed by atoms with Crippen LogP contribution >= 0.6 is 0 Å². The van der Waals surface area contributed by atoms with Gasteiger partial charge in [-0.25, -0.2) is 23.4 Å². The van der Waals surface area contributed by atoms with Crippen LogP contribution in [0.4, 0.5) is 11.6 Å². The average molecular weight is 475 g/mol. The van der Waals surface area contributed by atoms with Crippen molar-refractivity contribution in [3.05, 3.63) is 66.8 Å². The lowest BCUT2D eigenvalue weighted by atomic mass is 10.2. The fraction of sp³-hybridized carbons (Fsp3) is 0.200.